The predicted molar refractivity (Wildman–Crippen MR) is 82.0 cm³/mol. The first-order chi connectivity index (χ1) is 10.6. The molecule has 0 radical (unpaired) electrons. The van der Waals surface area contributed by atoms with Crippen LogP contribution >= 0.6 is 0 Å². The molecule has 1 aromatic heterocycles. The third kappa shape index (κ3) is 2.36. The maximum atomic E-state index is 12.9. The number of carbonyl (C=O) groups excluding carboxylic acids is 1. The molecule has 116 valence electrons. The first kappa shape index (κ1) is 14.6. The molecule has 1 aliphatic heterocycles. The molecule has 3 rings (SSSR count). The summed E-state index contributed by atoms with van der Waals surface area (Å²) in [6, 6.07) is 7.93. The molecule has 1 aromatic carbocycles. The van der Waals surface area contributed by atoms with E-state index in [1.165, 1.54) is 0 Å². The Balaban J connectivity index is 1.95. The molecule has 0 spiro atoms. The van der Waals surface area contributed by atoms with Gasteiger partial charge in [-0.05, 0) is 32.8 Å². The summed E-state index contributed by atoms with van der Waals surface area (Å²) in [4.78, 5) is 14.8. The predicted octanol–water partition coefficient (Wildman–Crippen LogP) is 3.28. The Labute approximate surface area is 129 Å². The van der Waals surface area contributed by atoms with Crippen LogP contribution in [0.25, 0.3) is 0 Å². The number of nitrogens with zero attached hydrogens (tertiary/aromatic N) is 2. The van der Waals surface area contributed by atoms with E-state index >= 15 is 0 Å². The van der Waals surface area contributed by atoms with Crippen molar-refractivity contribution in [2.24, 2.45) is 0 Å². The average molecular weight is 300 g/mol. The van der Waals surface area contributed by atoms with Crippen LogP contribution in [0.1, 0.15) is 46.3 Å². The van der Waals surface area contributed by atoms with Crippen molar-refractivity contribution >= 4 is 5.91 Å². The number of aryl methyl sites for hydroxylation is 2. The minimum Gasteiger partial charge on any atom is -0.496 e. The van der Waals surface area contributed by atoms with Gasteiger partial charge in [0.15, 0.2) is 0 Å². The zero-order valence-corrected chi connectivity index (χ0v) is 13.1. The maximum Gasteiger partial charge on any atom is 0.259 e. The second-order valence-corrected chi connectivity index (χ2v) is 5.60. The van der Waals surface area contributed by atoms with Crippen LogP contribution in [0.15, 0.2) is 28.8 Å². The van der Waals surface area contributed by atoms with Gasteiger partial charge in [0.2, 0.25) is 0 Å². The maximum absolute atomic E-state index is 12.9. The van der Waals surface area contributed by atoms with Gasteiger partial charge in [-0.25, -0.2) is 0 Å². The van der Waals surface area contributed by atoms with E-state index in [9.17, 15) is 4.79 Å². The summed E-state index contributed by atoms with van der Waals surface area (Å²) in [7, 11) is 1.66. The Morgan fingerprint density at radius 3 is 2.82 bits per heavy atom. The van der Waals surface area contributed by atoms with Crippen LogP contribution in [0.3, 0.4) is 0 Å². The molecule has 5 heteroatoms. The fourth-order valence-corrected chi connectivity index (χ4v) is 3.21. The number of amides is 1. The summed E-state index contributed by atoms with van der Waals surface area (Å²) >= 11 is 0. The van der Waals surface area contributed by atoms with Crippen LogP contribution in [0, 0.1) is 13.8 Å². The van der Waals surface area contributed by atoms with Gasteiger partial charge in [0.1, 0.15) is 17.1 Å². The Morgan fingerprint density at radius 2 is 2.14 bits per heavy atom. The standard InChI is InChI=1S/C17H20N2O3/c1-11-16(12(2)22-18-11)17(20)19-10-6-8-14(19)13-7-4-5-9-15(13)21-3/h4-5,7,9,14H,6,8,10H2,1-3H3. The lowest BCUT2D eigenvalue weighted by Gasteiger charge is -2.26. The highest BCUT2D eigenvalue weighted by atomic mass is 16.5. The van der Waals surface area contributed by atoms with Crippen LogP contribution in [-0.4, -0.2) is 29.6 Å². The molecule has 2 aromatic rings. The van der Waals surface area contributed by atoms with Gasteiger partial charge in [0.05, 0.1) is 18.8 Å². The highest BCUT2D eigenvalue weighted by molar-refractivity contribution is 5.96. The number of ether oxygens (including phenoxy) is 1. The molecule has 1 fully saturated rings. The summed E-state index contributed by atoms with van der Waals surface area (Å²) < 4.78 is 10.6. The van der Waals surface area contributed by atoms with E-state index in [0.717, 1.165) is 30.7 Å². The first-order valence-electron chi connectivity index (χ1n) is 7.50. The molecule has 0 aliphatic carbocycles. The van der Waals surface area contributed by atoms with E-state index in [0.29, 0.717) is 17.0 Å². The third-order valence-corrected chi connectivity index (χ3v) is 4.26. The van der Waals surface area contributed by atoms with E-state index in [2.05, 4.69) is 5.16 Å². The van der Waals surface area contributed by atoms with Crippen molar-refractivity contribution in [1.29, 1.82) is 0 Å². The fraction of sp³-hybridized carbons (Fsp3) is 0.412. The summed E-state index contributed by atoms with van der Waals surface area (Å²) in [5.41, 5.74) is 2.29. The van der Waals surface area contributed by atoms with Gasteiger partial charge in [-0.1, -0.05) is 23.4 Å². The molecule has 22 heavy (non-hydrogen) atoms. The summed E-state index contributed by atoms with van der Waals surface area (Å²) in [6.45, 7) is 4.32. The molecule has 2 heterocycles. The molecule has 0 bridgehead atoms. The number of benzene rings is 1. The van der Waals surface area contributed by atoms with E-state index < -0.39 is 0 Å². The van der Waals surface area contributed by atoms with Gasteiger partial charge in [-0.15, -0.1) is 0 Å². The third-order valence-electron chi connectivity index (χ3n) is 4.26. The molecule has 0 N–H and O–H groups in total. The Bertz CT molecular complexity index is 673. The molecule has 1 saturated heterocycles. The van der Waals surface area contributed by atoms with Gasteiger partial charge in [-0.2, -0.15) is 0 Å². The number of para-hydroxylation sites is 1. The fourth-order valence-electron chi connectivity index (χ4n) is 3.21. The molecular formula is C17H20N2O3. The summed E-state index contributed by atoms with van der Waals surface area (Å²) in [5.74, 6) is 1.39. The Hall–Kier alpha value is -2.30. The van der Waals surface area contributed by atoms with E-state index in [-0.39, 0.29) is 11.9 Å². The second kappa shape index (κ2) is 5.83. The van der Waals surface area contributed by atoms with Crippen LogP contribution in [0.4, 0.5) is 0 Å². The van der Waals surface area contributed by atoms with Crippen LogP contribution < -0.4 is 4.74 Å². The number of hydrogen-bond acceptors (Lipinski definition) is 4. The van der Waals surface area contributed by atoms with Crippen LogP contribution in [0.5, 0.6) is 5.75 Å². The van der Waals surface area contributed by atoms with Gasteiger partial charge in [0, 0.05) is 12.1 Å². The minimum atomic E-state index is -0.00958. The number of rotatable bonds is 3. The van der Waals surface area contributed by atoms with Crippen molar-refractivity contribution in [1.82, 2.24) is 10.1 Å². The van der Waals surface area contributed by atoms with Crippen LogP contribution in [-0.2, 0) is 0 Å². The Kier molecular flexibility index (Phi) is 3.88. The molecule has 1 aliphatic rings. The second-order valence-electron chi connectivity index (χ2n) is 5.60. The molecule has 5 nitrogen and oxygen atoms in total. The van der Waals surface area contributed by atoms with Gasteiger partial charge >= 0.3 is 0 Å². The smallest absolute Gasteiger partial charge is 0.259 e. The molecule has 1 unspecified atom stereocenters. The highest BCUT2D eigenvalue weighted by Crippen LogP contribution is 2.38. The molecule has 0 saturated carbocycles. The zero-order valence-electron chi connectivity index (χ0n) is 13.1. The lowest BCUT2D eigenvalue weighted by molar-refractivity contribution is 0.0732. The number of hydrogen-bond donors (Lipinski definition) is 0. The van der Waals surface area contributed by atoms with Crippen molar-refractivity contribution in [2.75, 3.05) is 13.7 Å². The monoisotopic (exact) mass is 300 g/mol. The van der Waals surface area contributed by atoms with Crippen molar-refractivity contribution in [3.8, 4) is 5.75 Å². The normalized spacial score (nSPS) is 17.8. The molecular weight excluding hydrogens is 280 g/mol. The lowest BCUT2D eigenvalue weighted by Crippen LogP contribution is -2.31. The number of likely N-dealkylation sites (tertiary alicyclic amines) is 1. The van der Waals surface area contributed by atoms with E-state index in [1.807, 2.05) is 29.2 Å². The number of aromatic nitrogens is 1. The Morgan fingerprint density at radius 1 is 1.36 bits per heavy atom. The van der Waals surface area contributed by atoms with Gasteiger partial charge in [-0.3, -0.25) is 4.79 Å². The highest BCUT2D eigenvalue weighted by Gasteiger charge is 2.34. The first-order valence-corrected chi connectivity index (χ1v) is 7.50. The minimum absolute atomic E-state index is 0.00958. The SMILES string of the molecule is COc1ccccc1C1CCCN1C(=O)c1c(C)noc1C. The van der Waals surface area contributed by atoms with Crippen molar-refractivity contribution in [3.63, 3.8) is 0 Å². The summed E-state index contributed by atoms with van der Waals surface area (Å²) in [6.07, 6.45) is 1.92. The van der Waals surface area contributed by atoms with Crippen molar-refractivity contribution in [3.05, 3.63) is 46.8 Å². The zero-order chi connectivity index (χ0) is 15.7. The topological polar surface area (TPSA) is 55.6 Å². The van der Waals surface area contributed by atoms with E-state index in [4.69, 9.17) is 9.26 Å². The van der Waals surface area contributed by atoms with Crippen molar-refractivity contribution < 1.29 is 14.1 Å². The lowest BCUT2D eigenvalue weighted by atomic mass is 10.0. The largest absolute Gasteiger partial charge is 0.496 e. The van der Waals surface area contributed by atoms with Gasteiger partial charge in [0.25, 0.3) is 5.91 Å². The average Bonchev–Trinajstić information content (AvgIpc) is 3.14. The van der Waals surface area contributed by atoms with E-state index in [1.54, 1.807) is 21.0 Å². The quantitative estimate of drug-likeness (QED) is 0.873. The number of carbonyl (C=O) groups is 1. The number of methoxy groups -OCH3 is 1. The van der Waals surface area contributed by atoms with Gasteiger partial charge < -0.3 is 14.2 Å². The van der Waals surface area contributed by atoms with Crippen molar-refractivity contribution in [2.45, 2.75) is 32.7 Å². The van der Waals surface area contributed by atoms with Crippen LogP contribution in [0.2, 0.25) is 0 Å². The summed E-state index contributed by atoms with van der Waals surface area (Å²) in [5, 5.41) is 3.89. The molecule has 1 atom stereocenters. The molecule has 1 amide bonds.